The molecule has 0 aliphatic carbocycles. The number of halogens is 1. The van der Waals surface area contributed by atoms with Crippen molar-refractivity contribution in [2.75, 3.05) is 0 Å². The number of aliphatic hydroxyl groups excluding tert-OH is 2. The molecule has 2 rings (SSSR count). The summed E-state index contributed by atoms with van der Waals surface area (Å²) in [7, 11) is 0. The molecule has 1 atom stereocenters. The van der Waals surface area contributed by atoms with E-state index in [1.54, 1.807) is 24.3 Å². The minimum Gasteiger partial charge on any atom is -0.390 e. The van der Waals surface area contributed by atoms with Gasteiger partial charge in [-0.25, -0.2) is 0 Å². The van der Waals surface area contributed by atoms with Gasteiger partial charge in [-0.3, -0.25) is 0 Å². The predicted octanol–water partition coefficient (Wildman–Crippen LogP) is 1.67. The van der Waals surface area contributed by atoms with Crippen LogP contribution < -0.4 is 0 Å². The Balaban J connectivity index is 2.20. The van der Waals surface area contributed by atoms with E-state index in [0.29, 0.717) is 10.6 Å². The molecule has 1 heterocycles. The highest BCUT2D eigenvalue weighted by Gasteiger charge is 2.20. The lowest BCUT2D eigenvalue weighted by Crippen LogP contribution is -2.12. The topological polar surface area (TPSA) is 101 Å². The summed E-state index contributed by atoms with van der Waals surface area (Å²) < 4.78 is 1.22. The van der Waals surface area contributed by atoms with Crippen molar-refractivity contribution >= 4 is 17.4 Å². The van der Waals surface area contributed by atoms with E-state index < -0.39 is 17.6 Å². The standard InChI is InChI=1S/C12H12ClN3O4/c13-9-3-1-8(2-4-9)11(18)6-15-10(7-17)5-12(14-15)16(19)20/h1-5,11,17-18H,6-7H2. The Morgan fingerprint density at radius 3 is 2.60 bits per heavy atom. The van der Waals surface area contributed by atoms with E-state index in [9.17, 15) is 15.2 Å². The van der Waals surface area contributed by atoms with E-state index in [2.05, 4.69) is 5.10 Å². The molecule has 1 aromatic carbocycles. The maximum Gasteiger partial charge on any atom is 0.390 e. The Hall–Kier alpha value is -1.96. The fraction of sp³-hybridized carbons (Fsp3) is 0.250. The van der Waals surface area contributed by atoms with Crippen molar-refractivity contribution < 1.29 is 15.1 Å². The SMILES string of the molecule is O=[N+]([O-])c1cc(CO)n(CC(O)c2ccc(Cl)cc2)n1. The van der Waals surface area contributed by atoms with Gasteiger partial charge in [0.1, 0.15) is 6.10 Å². The first-order valence-corrected chi connectivity index (χ1v) is 6.14. The van der Waals surface area contributed by atoms with Crippen LogP contribution in [0.25, 0.3) is 0 Å². The molecule has 1 unspecified atom stereocenters. The van der Waals surface area contributed by atoms with Gasteiger partial charge in [-0.05, 0) is 22.6 Å². The highest BCUT2D eigenvalue weighted by molar-refractivity contribution is 6.30. The normalized spacial score (nSPS) is 12.3. The van der Waals surface area contributed by atoms with E-state index >= 15 is 0 Å². The fourth-order valence-corrected chi connectivity index (χ4v) is 1.89. The van der Waals surface area contributed by atoms with Gasteiger partial charge in [0.2, 0.25) is 0 Å². The maximum atomic E-state index is 10.6. The fourth-order valence-electron chi connectivity index (χ4n) is 1.77. The van der Waals surface area contributed by atoms with Gasteiger partial charge in [-0.1, -0.05) is 23.7 Å². The second-order valence-electron chi connectivity index (χ2n) is 4.16. The minimum atomic E-state index is -0.905. The first-order chi connectivity index (χ1) is 9.51. The van der Waals surface area contributed by atoms with Crippen LogP contribution in [0.1, 0.15) is 17.4 Å². The molecule has 8 heteroatoms. The lowest BCUT2D eigenvalue weighted by atomic mass is 10.1. The molecule has 20 heavy (non-hydrogen) atoms. The molecule has 106 valence electrons. The van der Waals surface area contributed by atoms with Crippen LogP contribution in [-0.4, -0.2) is 24.9 Å². The number of nitrogens with zero attached hydrogens (tertiary/aromatic N) is 3. The monoisotopic (exact) mass is 297 g/mol. The molecular formula is C12H12ClN3O4. The summed E-state index contributed by atoms with van der Waals surface area (Å²) in [5, 5.41) is 34.2. The quantitative estimate of drug-likeness (QED) is 0.645. The van der Waals surface area contributed by atoms with Crippen molar-refractivity contribution in [3.05, 3.63) is 56.7 Å². The van der Waals surface area contributed by atoms with Gasteiger partial charge >= 0.3 is 5.82 Å². The Morgan fingerprint density at radius 2 is 2.05 bits per heavy atom. The molecular weight excluding hydrogens is 286 g/mol. The van der Waals surface area contributed by atoms with E-state index in [1.807, 2.05) is 0 Å². The van der Waals surface area contributed by atoms with Crippen LogP contribution >= 0.6 is 11.6 Å². The zero-order valence-corrected chi connectivity index (χ0v) is 11.1. The molecule has 0 spiro atoms. The third-order valence-corrected chi connectivity index (χ3v) is 3.05. The number of aliphatic hydroxyl groups is 2. The van der Waals surface area contributed by atoms with Crippen LogP contribution in [0.2, 0.25) is 5.02 Å². The van der Waals surface area contributed by atoms with Crippen LogP contribution in [-0.2, 0) is 13.2 Å². The molecule has 7 nitrogen and oxygen atoms in total. The van der Waals surface area contributed by atoms with Crippen molar-refractivity contribution in [2.45, 2.75) is 19.3 Å². The van der Waals surface area contributed by atoms with Crippen molar-refractivity contribution in [2.24, 2.45) is 0 Å². The summed E-state index contributed by atoms with van der Waals surface area (Å²) in [5.41, 5.74) is 0.876. The molecule has 0 saturated carbocycles. The lowest BCUT2D eigenvalue weighted by molar-refractivity contribution is -0.389. The van der Waals surface area contributed by atoms with Gasteiger partial charge in [0, 0.05) is 5.02 Å². The van der Waals surface area contributed by atoms with E-state index in [4.69, 9.17) is 16.7 Å². The molecule has 2 N–H and O–H groups in total. The van der Waals surface area contributed by atoms with E-state index in [0.717, 1.165) is 0 Å². The average molecular weight is 298 g/mol. The van der Waals surface area contributed by atoms with E-state index in [-0.39, 0.29) is 18.1 Å². The van der Waals surface area contributed by atoms with Crippen molar-refractivity contribution in [1.82, 2.24) is 9.78 Å². The van der Waals surface area contributed by atoms with Crippen molar-refractivity contribution in [3.63, 3.8) is 0 Å². The van der Waals surface area contributed by atoms with Gasteiger partial charge in [-0.2, -0.15) is 4.68 Å². The molecule has 0 fully saturated rings. The van der Waals surface area contributed by atoms with Crippen LogP contribution in [0.15, 0.2) is 30.3 Å². The Labute approximate surface area is 119 Å². The maximum absolute atomic E-state index is 10.6. The summed E-state index contributed by atoms with van der Waals surface area (Å²) in [6.07, 6.45) is -0.905. The Bertz CT molecular complexity index is 612. The minimum absolute atomic E-state index is 0.00532. The van der Waals surface area contributed by atoms with Crippen LogP contribution in [0.5, 0.6) is 0 Å². The van der Waals surface area contributed by atoms with Crippen molar-refractivity contribution in [1.29, 1.82) is 0 Å². The molecule has 2 aromatic rings. The average Bonchev–Trinajstić information content (AvgIpc) is 2.82. The van der Waals surface area contributed by atoms with E-state index in [1.165, 1.54) is 10.7 Å². The second-order valence-corrected chi connectivity index (χ2v) is 4.59. The molecule has 1 aromatic heterocycles. The number of hydrogen-bond donors (Lipinski definition) is 2. The zero-order valence-electron chi connectivity index (χ0n) is 10.3. The summed E-state index contributed by atoms with van der Waals surface area (Å²) in [6.45, 7) is -0.389. The molecule has 0 radical (unpaired) electrons. The summed E-state index contributed by atoms with van der Waals surface area (Å²) in [6, 6.07) is 7.76. The van der Waals surface area contributed by atoms with Crippen LogP contribution in [0, 0.1) is 10.1 Å². The first kappa shape index (κ1) is 14.4. The van der Waals surface area contributed by atoms with Crippen LogP contribution in [0.3, 0.4) is 0 Å². The number of hydrogen-bond acceptors (Lipinski definition) is 5. The third-order valence-electron chi connectivity index (χ3n) is 2.80. The number of rotatable bonds is 5. The molecule has 0 saturated heterocycles. The summed E-state index contributed by atoms with van der Waals surface area (Å²) in [5.74, 6) is -0.364. The third kappa shape index (κ3) is 3.13. The predicted molar refractivity (Wildman–Crippen MR) is 71.2 cm³/mol. The second kappa shape index (κ2) is 6.00. The van der Waals surface area contributed by atoms with Crippen LogP contribution in [0.4, 0.5) is 5.82 Å². The lowest BCUT2D eigenvalue weighted by Gasteiger charge is -2.10. The Kier molecular flexibility index (Phi) is 4.33. The zero-order chi connectivity index (χ0) is 14.7. The van der Waals surface area contributed by atoms with Gasteiger partial charge in [0.25, 0.3) is 0 Å². The largest absolute Gasteiger partial charge is 0.390 e. The number of benzene rings is 1. The highest BCUT2D eigenvalue weighted by Crippen LogP contribution is 2.20. The summed E-state index contributed by atoms with van der Waals surface area (Å²) in [4.78, 5) is 10.00. The van der Waals surface area contributed by atoms with Crippen molar-refractivity contribution in [3.8, 4) is 0 Å². The van der Waals surface area contributed by atoms with Gasteiger partial charge in [0.05, 0.1) is 30.0 Å². The molecule has 0 aliphatic heterocycles. The smallest absolute Gasteiger partial charge is 0.390 e. The van der Waals surface area contributed by atoms with Gasteiger partial charge < -0.3 is 20.3 Å². The molecule has 0 bridgehead atoms. The first-order valence-electron chi connectivity index (χ1n) is 5.76. The molecule has 0 amide bonds. The highest BCUT2D eigenvalue weighted by atomic mass is 35.5. The number of nitro groups is 1. The summed E-state index contributed by atoms with van der Waals surface area (Å²) >= 11 is 5.76. The Morgan fingerprint density at radius 1 is 1.40 bits per heavy atom. The van der Waals surface area contributed by atoms with Gasteiger partial charge in [0.15, 0.2) is 0 Å². The molecule has 0 aliphatic rings. The van der Waals surface area contributed by atoms with Gasteiger partial charge in [-0.15, -0.1) is 0 Å². The number of aromatic nitrogens is 2.